The summed E-state index contributed by atoms with van der Waals surface area (Å²) in [4.78, 5) is 17.1. The number of oxazole rings is 1. The maximum absolute atomic E-state index is 12.7. The van der Waals surface area contributed by atoms with Gasteiger partial charge in [-0.25, -0.2) is 4.98 Å². The van der Waals surface area contributed by atoms with Crippen molar-refractivity contribution < 1.29 is 14.3 Å². The number of aromatic hydroxyl groups is 1. The van der Waals surface area contributed by atoms with Gasteiger partial charge in [-0.2, -0.15) is 0 Å². The smallest absolute Gasteiger partial charge is 0.257 e. The van der Waals surface area contributed by atoms with Gasteiger partial charge in [0.1, 0.15) is 11.3 Å². The normalized spacial score (nSPS) is 11.0. The molecule has 0 bridgehead atoms. The number of hydrogen-bond acceptors (Lipinski definition) is 4. The van der Waals surface area contributed by atoms with Crippen molar-refractivity contribution in [3.63, 3.8) is 0 Å². The van der Waals surface area contributed by atoms with E-state index in [9.17, 15) is 9.90 Å². The maximum Gasteiger partial charge on any atom is 0.257 e. The Hall–Kier alpha value is -2.83. The van der Waals surface area contributed by atoms with Crippen LogP contribution in [0, 0.1) is 6.92 Å². The van der Waals surface area contributed by atoms with Gasteiger partial charge < -0.3 is 14.8 Å². The number of phenolic OH excluding ortho intramolecular Hbond substituents is 1. The molecule has 7 heteroatoms. The highest BCUT2D eigenvalue weighted by Crippen LogP contribution is 2.36. The largest absolute Gasteiger partial charge is 0.507 e. The second kappa shape index (κ2) is 7.30. The lowest BCUT2D eigenvalue weighted by atomic mass is 10.1. The summed E-state index contributed by atoms with van der Waals surface area (Å²) in [6.45, 7) is 1.74. The third kappa shape index (κ3) is 3.48. The van der Waals surface area contributed by atoms with E-state index in [2.05, 4.69) is 26.2 Å². The fourth-order valence-corrected chi connectivity index (χ4v) is 3.44. The lowest BCUT2D eigenvalue weighted by Gasteiger charge is -2.11. The summed E-state index contributed by atoms with van der Waals surface area (Å²) >= 11 is 9.48. The lowest BCUT2D eigenvalue weighted by Crippen LogP contribution is -2.12. The molecule has 0 aliphatic heterocycles. The van der Waals surface area contributed by atoms with Crippen molar-refractivity contribution in [1.29, 1.82) is 0 Å². The summed E-state index contributed by atoms with van der Waals surface area (Å²) in [6, 6.07) is 15.7. The molecule has 5 nitrogen and oxygen atoms in total. The number of nitrogens with one attached hydrogen (secondary N) is 1. The number of amides is 1. The molecule has 4 aromatic rings. The van der Waals surface area contributed by atoms with E-state index < -0.39 is 0 Å². The van der Waals surface area contributed by atoms with Gasteiger partial charge in [-0.1, -0.05) is 39.7 Å². The van der Waals surface area contributed by atoms with E-state index in [0.29, 0.717) is 38.5 Å². The zero-order chi connectivity index (χ0) is 19.8. The van der Waals surface area contributed by atoms with E-state index in [1.807, 2.05) is 18.2 Å². The Morgan fingerprint density at radius 1 is 1.18 bits per heavy atom. The third-order valence-electron chi connectivity index (χ3n) is 4.26. The Balaban J connectivity index is 1.73. The summed E-state index contributed by atoms with van der Waals surface area (Å²) < 4.78 is 6.50. The van der Waals surface area contributed by atoms with Crippen LogP contribution in [0.1, 0.15) is 15.9 Å². The molecule has 1 amide bonds. The molecule has 0 radical (unpaired) electrons. The lowest BCUT2D eigenvalue weighted by molar-refractivity contribution is 0.102. The zero-order valence-corrected chi connectivity index (χ0v) is 17.0. The molecule has 0 saturated carbocycles. The van der Waals surface area contributed by atoms with E-state index in [0.717, 1.165) is 4.47 Å². The average Bonchev–Trinajstić information content (AvgIpc) is 3.10. The molecule has 3 aromatic carbocycles. The summed E-state index contributed by atoms with van der Waals surface area (Å²) in [5.74, 6) is -0.0386. The Morgan fingerprint density at radius 2 is 1.96 bits per heavy atom. The number of halogens is 2. The number of nitrogens with zero attached hydrogens (tertiary/aromatic N) is 1. The third-order valence-corrected chi connectivity index (χ3v) is 5.08. The standard InChI is InChI=1S/C21H14BrClN2O3/c1-11-8-13(24-20(27)14-9-12(22)6-7-16(14)23)10-15(19(11)26)21-25-17-4-2-3-5-18(17)28-21/h2-10,26H,1H3,(H,24,27). The van der Waals surface area contributed by atoms with Crippen LogP contribution in [-0.2, 0) is 0 Å². The first-order chi connectivity index (χ1) is 13.4. The van der Waals surface area contributed by atoms with Crippen molar-refractivity contribution in [3.05, 3.63) is 75.2 Å². The highest BCUT2D eigenvalue weighted by Gasteiger charge is 2.17. The number of rotatable bonds is 3. The molecule has 140 valence electrons. The second-order valence-electron chi connectivity index (χ2n) is 6.25. The Morgan fingerprint density at radius 3 is 2.75 bits per heavy atom. The van der Waals surface area contributed by atoms with Crippen molar-refractivity contribution >= 4 is 50.2 Å². The molecular formula is C21H14BrClN2O3. The van der Waals surface area contributed by atoms with Crippen molar-refractivity contribution in [2.24, 2.45) is 0 Å². The van der Waals surface area contributed by atoms with Crippen LogP contribution in [0.3, 0.4) is 0 Å². The fourth-order valence-electron chi connectivity index (χ4n) is 2.87. The van der Waals surface area contributed by atoms with Crippen LogP contribution in [0.2, 0.25) is 5.02 Å². The number of benzene rings is 3. The van der Waals surface area contributed by atoms with Gasteiger partial charge in [0.2, 0.25) is 5.89 Å². The molecule has 4 rings (SSSR count). The number of carbonyl (C=O) groups is 1. The van der Waals surface area contributed by atoms with Gasteiger partial charge in [-0.15, -0.1) is 0 Å². The van der Waals surface area contributed by atoms with Crippen LogP contribution in [0.25, 0.3) is 22.6 Å². The van der Waals surface area contributed by atoms with Crippen molar-refractivity contribution in [2.75, 3.05) is 5.32 Å². The summed E-state index contributed by atoms with van der Waals surface area (Å²) in [6.07, 6.45) is 0. The van der Waals surface area contributed by atoms with Gasteiger partial charge >= 0.3 is 0 Å². The van der Waals surface area contributed by atoms with Crippen LogP contribution in [0.5, 0.6) is 5.75 Å². The minimum Gasteiger partial charge on any atom is -0.507 e. The predicted molar refractivity (Wildman–Crippen MR) is 113 cm³/mol. The molecular weight excluding hydrogens is 444 g/mol. The Kier molecular flexibility index (Phi) is 4.83. The summed E-state index contributed by atoms with van der Waals surface area (Å²) in [5, 5.41) is 13.6. The molecule has 0 atom stereocenters. The first kappa shape index (κ1) is 18.5. The monoisotopic (exact) mass is 456 g/mol. The van der Waals surface area contributed by atoms with Crippen LogP contribution in [0.15, 0.2) is 63.5 Å². The van der Waals surface area contributed by atoms with Gasteiger partial charge in [-0.05, 0) is 55.0 Å². The molecule has 1 aromatic heterocycles. The number of phenols is 1. The maximum atomic E-state index is 12.7. The SMILES string of the molecule is Cc1cc(NC(=O)c2cc(Br)ccc2Cl)cc(-c2nc3ccccc3o2)c1O. The quantitative estimate of drug-likeness (QED) is 0.360. The van der Waals surface area contributed by atoms with E-state index >= 15 is 0 Å². The minimum atomic E-state index is -0.361. The Bertz CT molecular complexity index is 1190. The zero-order valence-electron chi connectivity index (χ0n) is 14.7. The van der Waals surface area contributed by atoms with Gasteiger partial charge in [0.05, 0.1) is 16.1 Å². The Labute approximate surface area is 174 Å². The average molecular weight is 458 g/mol. The number of fused-ring (bicyclic) bond motifs is 1. The molecule has 0 fully saturated rings. The molecule has 0 aliphatic carbocycles. The minimum absolute atomic E-state index is 0.0463. The molecule has 0 aliphatic rings. The predicted octanol–water partition coefficient (Wildman–Crippen LogP) is 6.18. The second-order valence-corrected chi connectivity index (χ2v) is 7.58. The van der Waals surface area contributed by atoms with Crippen molar-refractivity contribution in [3.8, 4) is 17.2 Å². The van der Waals surface area contributed by atoms with Crippen molar-refractivity contribution in [2.45, 2.75) is 6.92 Å². The van der Waals surface area contributed by atoms with E-state index in [1.54, 1.807) is 43.3 Å². The van der Waals surface area contributed by atoms with Gasteiger partial charge in [-0.3, -0.25) is 4.79 Å². The first-order valence-corrected chi connectivity index (χ1v) is 9.55. The fraction of sp³-hybridized carbons (Fsp3) is 0.0476. The number of anilines is 1. The molecule has 0 saturated heterocycles. The van der Waals surface area contributed by atoms with E-state index in [1.165, 1.54) is 0 Å². The van der Waals surface area contributed by atoms with Gasteiger partial charge in [0, 0.05) is 10.2 Å². The van der Waals surface area contributed by atoms with Crippen LogP contribution >= 0.6 is 27.5 Å². The number of aromatic nitrogens is 1. The number of aryl methyl sites for hydroxylation is 1. The highest BCUT2D eigenvalue weighted by molar-refractivity contribution is 9.10. The number of para-hydroxylation sites is 2. The summed E-state index contributed by atoms with van der Waals surface area (Å²) in [7, 11) is 0. The summed E-state index contributed by atoms with van der Waals surface area (Å²) in [5.41, 5.74) is 3.11. The van der Waals surface area contributed by atoms with E-state index in [4.69, 9.17) is 16.0 Å². The first-order valence-electron chi connectivity index (χ1n) is 8.38. The molecule has 0 unspecified atom stereocenters. The van der Waals surface area contributed by atoms with Crippen LogP contribution in [-0.4, -0.2) is 16.0 Å². The highest BCUT2D eigenvalue weighted by atomic mass is 79.9. The van der Waals surface area contributed by atoms with Crippen LogP contribution < -0.4 is 5.32 Å². The number of hydrogen-bond donors (Lipinski definition) is 2. The number of carbonyl (C=O) groups excluding carboxylic acids is 1. The molecule has 2 N–H and O–H groups in total. The molecule has 28 heavy (non-hydrogen) atoms. The van der Waals surface area contributed by atoms with Crippen LogP contribution in [0.4, 0.5) is 5.69 Å². The topological polar surface area (TPSA) is 75.4 Å². The van der Waals surface area contributed by atoms with E-state index in [-0.39, 0.29) is 17.5 Å². The van der Waals surface area contributed by atoms with Gasteiger partial charge in [0.15, 0.2) is 5.58 Å². The van der Waals surface area contributed by atoms with Gasteiger partial charge in [0.25, 0.3) is 5.91 Å². The van der Waals surface area contributed by atoms with Crippen molar-refractivity contribution in [1.82, 2.24) is 4.98 Å². The molecule has 0 spiro atoms. The molecule has 1 heterocycles.